The largest absolute Gasteiger partial charge is 0.240 e. The SMILES string of the molecule is CCCc1cc(CCC)c(N=C=O)c(CC(C)C)c1N=C=O. The summed E-state index contributed by atoms with van der Waals surface area (Å²) in [6, 6.07) is 2.03. The highest BCUT2D eigenvalue weighted by atomic mass is 16.1. The van der Waals surface area contributed by atoms with Crippen LogP contribution in [-0.4, -0.2) is 12.2 Å². The highest BCUT2D eigenvalue weighted by molar-refractivity contribution is 5.72. The predicted octanol–water partition coefficient (Wildman–Crippen LogP) is 4.72. The Balaban J connectivity index is 3.72. The number of aliphatic imine (C=N–C) groups is 2. The van der Waals surface area contributed by atoms with Crippen molar-refractivity contribution in [1.82, 2.24) is 0 Å². The van der Waals surface area contributed by atoms with Crippen LogP contribution >= 0.6 is 0 Å². The fourth-order valence-corrected chi connectivity index (χ4v) is 2.74. The molecule has 0 atom stereocenters. The lowest BCUT2D eigenvalue weighted by Crippen LogP contribution is -2.01. The van der Waals surface area contributed by atoms with E-state index in [-0.39, 0.29) is 0 Å². The molecule has 0 heterocycles. The summed E-state index contributed by atoms with van der Waals surface area (Å²) in [5.74, 6) is 0.368. The molecule has 0 radical (unpaired) electrons. The molecule has 22 heavy (non-hydrogen) atoms. The van der Waals surface area contributed by atoms with Crippen molar-refractivity contribution < 1.29 is 9.59 Å². The van der Waals surface area contributed by atoms with Crippen LogP contribution in [0.3, 0.4) is 0 Å². The van der Waals surface area contributed by atoms with E-state index in [0.717, 1.165) is 48.8 Å². The fourth-order valence-electron chi connectivity index (χ4n) is 2.74. The molecule has 0 bridgehead atoms. The number of nitrogens with zero attached hydrogens (tertiary/aromatic N) is 2. The van der Waals surface area contributed by atoms with E-state index in [1.165, 1.54) is 0 Å². The Morgan fingerprint density at radius 1 is 0.955 bits per heavy atom. The van der Waals surface area contributed by atoms with E-state index in [1.54, 1.807) is 12.2 Å². The zero-order valence-electron chi connectivity index (χ0n) is 13.9. The van der Waals surface area contributed by atoms with Gasteiger partial charge in [0, 0.05) is 5.56 Å². The summed E-state index contributed by atoms with van der Waals surface area (Å²) in [7, 11) is 0. The van der Waals surface area contributed by atoms with E-state index in [2.05, 4.69) is 37.7 Å². The van der Waals surface area contributed by atoms with Gasteiger partial charge in [0.05, 0.1) is 11.4 Å². The van der Waals surface area contributed by atoms with Crippen LogP contribution in [0.4, 0.5) is 11.4 Å². The molecular weight excluding hydrogens is 276 g/mol. The summed E-state index contributed by atoms with van der Waals surface area (Å²) in [5, 5.41) is 0. The summed E-state index contributed by atoms with van der Waals surface area (Å²) in [6.07, 6.45) is 7.63. The molecule has 0 saturated heterocycles. The van der Waals surface area contributed by atoms with Gasteiger partial charge in [-0.3, -0.25) is 0 Å². The lowest BCUT2D eigenvalue weighted by molar-refractivity contribution is 0.564. The minimum Gasteiger partial charge on any atom is -0.211 e. The van der Waals surface area contributed by atoms with Crippen molar-refractivity contribution >= 4 is 23.5 Å². The molecule has 0 aliphatic heterocycles. The van der Waals surface area contributed by atoms with E-state index < -0.39 is 0 Å². The molecule has 0 amide bonds. The Morgan fingerprint density at radius 2 is 1.41 bits per heavy atom. The van der Waals surface area contributed by atoms with Crippen LogP contribution in [0.2, 0.25) is 0 Å². The molecule has 0 aliphatic carbocycles. The molecule has 1 aromatic carbocycles. The number of carbonyl (C=O) groups excluding carboxylic acids is 2. The van der Waals surface area contributed by atoms with E-state index in [1.807, 2.05) is 6.07 Å². The van der Waals surface area contributed by atoms with Gasteiger partial charge in [-0.25, -0.2) is 9.59 Å². The van der Waals surface area contributed by atoms with Crippen LogP contribution in [0.5, 0.6) is 0 Å². The Kier molecular flexibility index (Phi) is 7.45. The first-order valence-electron chi connectivity index (χ1n) is 7.92. The number of isocyanates is 2. The summed E-state index contributed by atoms with van der Waals surface area (Å²) in [5.41, 5.74) is 4.22. The Labute approximate surface area is 132 Å². The second-order valence-corrected chi connectivity index (χ2v) is 5.87. The minimum absolute atomic E-state index is 0.368. The van der Waals surface area contributed by atoms with Crippen LogP contribution in [0.15, 0.2) is 16.1 Å². The van der Waals surface area contributed by atoms with Crippen LogP contribution in [0.1, 0.15) is 57.2 Å². The number of rotatable bonds is 8. The van der Waals surface area contributed by atoms with Crippen LogP contribution in [0.25, 0.3) is 0 Å². The molecule has 0 N–H and O–H groups in total. The predicted molar refractivity (Wildman–Crippen MR) is 88.5 cm³/mol. The van der Waals surface area contributed by atoms with Crippen LogP contribution in [0, 0.1) is 5.92 Å². The number of benzene rings is 1. The first kappa shape index (κ1) is 18.0. The molecule has 0 aromatic heterocycles. The molecule has 0 aliphatic rings. The van der Waals surface area contributed by atoms with Gasteiger partial charge < -0.3 is 0 Å². The van der Waals surface area contributed by atoms with Crippen LogP contribution in [-0.2, 0) is 28.9 Å². The molecule has 118 valence electrons. The van der Waals surface area contributed by atoms with Gasteiger partial charge >= 0.3 is 0 Å². The lowest BCUT2D eigenvalue weighted by atomic mass is 9.90. The van der Waals surface area contributed by atoms with Crippen molar-refractivity contribution in [2.75, 3.05) is 0 Å². The lowest BCUT2D eigenvalue weighted by Gasteiger charge is -2.17. The topological polar surface area (TPSA) is 58.9 Å². The Bertz CT molecular complexity index is 562. The third-order valence-electron chi connectivity index (χ3n) is 3.49. The second kappa shape index (κ2) is 9.09. The van der Waals surface area contributed by atoms with E-state index in [4.69, 9.17) is 0 Å². The molecule has 4 nitrogen and oxygen atoms in total. The monoisotopic (exact) mass is 300 g/mol. The summed E-state index contributed by atoms with van der Waals surface area (Å²) >= 11 is 0. The molecule has 0 unspecified atom stereocenters. The maximum Gasteiger partial charge on any atom is 0.240 e. The van der Waals surface area contributed by atoms with Gasteiger partial charge in [0.25, 0.3) is 0 Å². The van der Waals surface area contributed by atoms with Gasteiger partial charge in [-0.15, -0.1) is 0 Å². The zero-order chi connectivity index (χ0) is 16.5. The van der Waals surface area contributed by atoms with Gasteiger partial charge in [-0.1, -0.05) is 46.6 Å². The van der Waals surface area contributed by atoms with Crippen molar-refractivity contribution in [3.63, 3.8) is 0 Å². The summed E-state index contributed by atoms with van der Waals surface area (Å²) in [6.45, 7) is 8.37. The van der Waals surface area contributed by atoms with Gasteiger partial charge in [0.2, 0.25) is 12.2 Å². The average Bonchev–Trinajstić information content (AvgIpc) is 2.46. The van der Waals surface area contributed by atoms with Crippen LogP contribution < -0.4 is 0 Å². The zero-order valence-corrected chi connectivity index (χ0v) is 13.9. The first-order chi connectivity index (χ1) is 10.6. The van der Waals surface area contributed by atoms with Crippen molar-refractivity contribution in [1.29, 1.82) is 0 Å². The second-order valence-electron chi connectivity index (χ2n) is 5.87. The van der Waals surface area contributed by atoms with Gasteiger partial charge in [0.15, 0.2) is 0 Å². The normalized spacial score (nSPS) is 10.2. The Hall–Kier alpha value is -2.02. The fraction of sp³-hybridized carbons (Fsp3) is 0.556. The third-order valence-corrected chi connectivity index (χ3v) is 3.49. The number of hydrogen-bond donors (Lipinski definition) is 0. The molecule has 4 heteroatoms. The third kappa shape index (κ3) is 4.49. The molecular formula is C18H24N2O2. The van der Waals surface area contributed by atoms with Gasteiger partial charge in [0.1, 0.15) is 0 Å². The van der Waals surface area contributed by atoms with Crippen molar-refractivity contribution in [2.45, 2.75) is 59.8 Å². The van der Waals surface area contributed by atoms with E-state index >= 15 is 0 Å². The van der Waals surface area contributed by atoms with Gasteiger partial charge in [-0.2, -0.15) is 9.98 Å². The van der Waals surface area contributed by atoms with Gasteiger partial charge in [-0.05, 0) is 36.3 Å². The minimum atomic E-state index is 0.368. The maximum absolute atomic E-state index is 10.8. The smallest absolute Gasteiger partial charge is 0.211 e. The summed E-state index contributed by atoms with van der Waals surface area (Å²) in [4.78, 5) is 29.6. The van der Waals surface area contributed by atoms with Crippen molar-refractivity contribution in [2.24, 2.45) is 15.9 Å². The molecule has 1 aromatic rings. The quantitative estimate of drug-likeness (QED) is 0.515. The average molecular weight is 300 g/mol. The summed E-state index contributed by atoms with van der Waals surface area (Å²) < 4.78 is 0. The standard InChI is InChI=1S/C18H24N2O2/c1-5-7-14-10-15(8-6-2)18(20-12-22)16(9-13(3)4)17(14)19-11-21/h10,13H,5-9H2,1-4H3. The highest BCUT2D eigenvalue weighted by Crippen LogP contribution is 2.38. The number of aryl methyl sites for hydroxylation is 2. The molecule has 0 fully saturated rings. The molecule has 1 rings (SSSR count). The maximum atomic E-state index is 10.8. The van der Waals surface area contributed by atoms with E-state index in [0.29, 0.717) is 17.3 Å². The van der Waals surface area contributed by atoms with Crippen molar-refractivity contribution in [3.05, 3.63) is 22.8 Å². The number of hydrogen-bond acceptors (Lipinski definition) is 4. The van der Waals surface area contributed by atoms with E-state index in [9.17, 15) is 9.59 Å². The van der Waals surface area contributed by atoms with Crippen molar-refractivity contribution in [3.8, 4) is 0 Å². The molecule has 0 saturated carbocycles. The highest BCUT2D eigenvalue weighted by Gasteiger charge is 2.18. The Morgan fingerprint density at radius 3 is 1.73 bits per heavy atom. The molecule has 0 spiro atoms. The first-order valence-corrected chi connectivity index (χ1v) is 7.92.